The summed E-state index contributed by atoms with van der Waals surface area (Å²) in [6.45, 7) is 8.32. The molecular weight excluding hydrogens is 611 g/mol. The van der Waals surface area contributed by atoms with Gasteiger partial charge in [-0.15, -0.1) is 0 Å². The first-order valence-electron chi connectivity index (χ1n) is 15.8. The molecule has 6 rings (SSSR count). The molecule has 0 bridgehead atoms. The van der Waals surface area contributed by atoms with E-state index < -0.39 is 17.8 Å². The average Bonchev–Trinajstić information content (AvgIpc) is 3.47. The number of piperazine rings is 2. The number of halogens is 3. The number of ether oxygens (including phenoxy) is 1. The Hall–Kier alpha value is -4.20. The fourth-order valence-electron chi connectivity index (χ4n) is 6.74. The van der Waals surface area contributed by atoms with Gasteiger partial charge >= 0.3 is 6.18 Å². The number of likely N-dealkylation sites (N-methyl/N-ethyl adjacent to an activating group) is 1. The van der Waals surface area contributed by atoms with Crippen molar-refractivity contribution in [2.45, 2.75) is 32.1 Å². The fourth-order valence-corrected chi connectivity index (χ4v) is 6.74. The molecule has 2 saturated heterocycles. The fraction of sp³-hybridized carbons (Fsp3) is 0.441. The van der Waals surface area contributed by atoms with Crippen LogP contribution in [0.25, 0.3) is 16.9 Å². The number of methoxy groups -OCH3 is 1. The van der Waals surface area contributed by atoms with Gasteiger partial charge in [0.15, 0.2) is 11.3 Å². The molecule has 2 aliphatic rings. The second kappa shape index (κ2) is 13.1. The first-order chi connectivity index (χ1) is 22.5. The number of anilines is 1. The van der Waals surface area contributed by atoms with Crippen molar-refractivity contribution in [3.63, 3.8) is 0 Å². The number of nitrogens with zero attached hydrogens (tertiary/aromatic N) is 7. The van der Waals surface area contributed by atoms with Gasteiger partial charge in [-0.3, -0.25) is 9.69 Å². The zero-order chi connectivity index (χ0) is 33.5. The molecule has 10 nitrogen and oxygen atoms in total. The van der Waals surface area contributed by atoms with Crippen LogP contribution in [0.2, 0.25) is 0 Å². The Bertz CT molecular complexity index is 1740. The lowest BCUT2D eigenvalue weighted by atomic mass is 10.0. The maximum Gasteiger partial charge on any atom is 0.433 e. The van der Waals surface area contributed by atoms with E-state index in [1.165, 1.54) is 20.2 Å². The third kappa shape index (κ3) is 6.39. The summed E-state index contributed by atoms with van der Waals surface area (Å²) in [6, 6.07) is 14.3. The number of benzene rings is 2. The summed E-state index contributed by atoms with van der Waals surface area (Å²) in [5, 5.41) is 14.5. The number of rotatable bonds is 7. The van der Waals surface area contributed by atoms with Gasteiger partial charge in [0.2, 0.25) is 0 Å². The molecule has 13 heteroatoms. The van der Waals surface area contributed by atoms with Crippen molar-refractivity contribution >= 4 is 17.2 Å². The van der Waals surface area contributed by atoms with Crippen LogP contribution in [-0.2, 0) is 6.18 Å². The highest BCUT2D eigenvalue weighted by Crippen LogP contribution is 2.37. The van der Waals surface area contributed by atoms with Crippen LogP contribution in [0, 0.1) is 6.92 Å². The number of aliphatic hydroxyl groups excluding tert-OH is 1. The zero-order valence-electron chi connectivity index (χ0n) is 27.0. The summed E-state index contributed by atoms with van der Waals surface area (Å²) in [6.07, 6.45) is -3.56. The van der Waals surface area contributed by atoms with Crippen LogP contribution < -0.4 is 9.64 Å². The zero-order valence-corrected chi connectivity index (χ0v) is 27.0. The van der Waals surface area contributed by atoms with Gasteiger partial charge in [-0.1, -0.05) is 12.1 Å². The topological polar surface area (TPSA) is 89.7 Å². The molecule has 0 spiro atoms. The van der Waals surface area contributed by atoms with E-state index in [2.05, 4.69) is 44.0 Å². The largest absolute Gasteiger partial charge is 0.497 e. The highest BCUT2D eigenvalue weighted by molar-refractivity contribution is 6.00. The number of hydrogen-bond donors (Lipinski definition) is 1. The quantitative estimate of drug-likeness (QED) is 0.316. The molecule has 0 aliphatic carbocycles. The van der Waals surface area contributed by atoms with Crippen LogP contribution in [0.15, 0.2) is 54.7 Å². The van der Waals surface area contributed by atoms with Crippen molar-refractivity contribution in [2.24, 2.45) is 0 Å². The number of alkyl halides is 3. The Morgan fingerprint density at radius 1 is 1.06 bits per heavy atom. The molecule has 4 heterocycles. The number of carbonyl (C=O) groups excluding carboxylic acids is 1. The van der Waals surface area contributed by atoms with E-state index in [-0.39, 0.29) is 41.2 Å². The predicted octanol–water partition coefficient (Wildman–Crippen LogP) is 4.36. The normalized spacial score (nSPS) is 18.9. The van der Waals surface area contributed by atoms with Crippen LogP contribution in [0.1, 0.15) is 40.1 Å². The number of carbonyl (C=O) groups is 1. The standard InChI is InChI=1S/C34H40F3N7O3/c1-22-20-42(29(21-45)25-6-5-7-26(18-25)41-14-12-40(3)13-15-41)16-17-43(22)33(46)28-19-38-44-31(34(35,36)37)23(2)30(39-32(28)44)24-8-10-27(47-4)11-9-24/h5-11,18-19,22,29,45H,12-17,20-21H2,1-4H3/t22-,29+/m1/s1. The Kier molecular flexibility index (Phi) is 9.14. The van der Waals surface area contributed by atoms with E-state index in [0.717, 1.165) is 41.9 Å². The maximum atomic E-state index is 14.4. The molecule has 2 aromatic carbocycles. The van der Waals surface area contributed by atoms with Crippen LogP contribution in [0.5, 0.6) is 5.75 Å². The summed E-state index contributed by atoms with van der Waals surface area (Å²) in [5.74, 6) is 0.123. The highest BCUT2D eigenvalue weighted by Gasteiger charge is 2.40. The van der Waals surface area contributed by atoms with E-state index in [0.29, 0.717) is 30.9 Å². The second-order valence-corrected chi connectivity index (χ2v) is 12.4. The molecule has 2 fully saturated rings. The molecule has 2 aromatic heterocycles. The predicted molar refractivity (Wildman–Crippen MR) is 173 cm³/mol. The number of aromatic nitrogens is 3. The first-order valence-corrected chi connectivity index (χ1v) is 15.8. The number of aliphatic hydroxyl groups is 1. The van der Waals surface area contributed by atoms with Gasteiger partial charge in [-0.2, -0.15) is 18.3 Å². The Labute approximate surface area is 272 Å². The molecule has 4 aromatic rings. The molecule has 0 unspecified atom stereocenters. The monoisotopic (exact) mass is 651 g/mol. The first kappa shape index (κ1) is 32.7. The number of fused-ring (bicyclic) bond motifs is 1. The minimum Gasteiger partial charge on any atom is -0.497 e. The summed E-state index contributed by atoms with van der Waals surface area (Å²) in [4.78, 5) is 27.0. The third-order valence-electron chi connectivity index (χ3n) is 9.40. The van der Waals surface area contributed by atoms with Crippen LogP contribution in [-0.4, -0.2) is 113 Å². The van der Waals surface area contributed by atoms with Crippen LogP contribution in [0.3, 0.4) is 0 Å². The van der Waals surface area contributed by atoms with Gasteiger partial charge in [-0.05, 0) is 62.9 Å². The molecule has 2 aliphatic heterocycles. The SMILES string of the molecule is COc1ccc(-c2nc3c(C(=O)N4CCN([C@@H](CO)c5cccc(N6CCN(C)CC6)c5)C[C@H]4C)cnn3c(C(F)(F)F)c2C)cc1. The van der Waals surface area contributed by atoms with E-state index in [9.17, 15) is 23.1 Å². The Morgan fingerprint density at radius 3 is 2.43 bits per heavy atom. The average molecular weight is 652 g/mol. The lowest BCUT2D eigenvalue weighted by Crippen LogP contribution is -2.55. The Morgan fingerprint density at radius 2 is 1.79 bits per heavy atom. The van der Waals surface area contributed by atoms with Crippen molar-refractivity contribution in [2.75, 3.05) is 71.5 Å². The van der Waals surface area contributed by atoms with Gasteiger partial charge in [0.1, 0.15) is 11.3 Å². The lowest BCUT2D eigenvalue weighted by Gasteiger charge is -2.43. The molecule has 0 radical (unpaired) electrons. The summed E-state index contributed by atoms with van der Waals surface area (Å²) < 4.78 is 49.2. The number of amides is 1. The molecular formula is C34H40F3N7O3. The van der Waals surface area contributed by atoms with Crippen molar-refractivity contribution < 1.29 is 27.8 Å². The van der Waals surface area contributed by atoms with Crippen molar-refractivity contribution in [3.05, 3.63) is 77.1 Å². The van der Waals surface area contributed by atoms with E-state index in [1.807, 2.05) is 19.1 Å². The molecule has 0 saturated carbocycles. The number of hydrogen-bond acceptors (Lipinski definition) is 8. The molecule has 1 N–H and O–H groups in total. The summed E-state index contributed by atoms with van der Waals surface area (Å²) in [7, 11) is 3.63. The van der Waals surface area contributed by atoms with E-state index >= 15 is 0 Å². The van der Waals surface area contributed by atoms with Gasteiger partial charge in [0.25, 0.3) is 5.91 Å². The van der Waals surface area contributed by atoms with E-state index in [4.69, 9.17) is 4.74 Å². The van der Waals surface area contributed by atoms with Crippen LogP contribution in [0.4, 0.5) is 18.9 Å². The summed E-state index contributed by atoms with van der Waals surface area (Å²) >= 11 is 0. The molecule has 47 heavy (non-hydrogen) atoms. The third-order valence-corrected chi connectivity index (χ3v) is 9.40. The molecule has 250 valence electrons. The molecule has 1 amide bonds. The van der Waals surface area contributed by atoms with E-state index in [1.54, 1.807) is 29.2 Å². The second-order valence-electron chi connectivity index (χ2n) is 12.4. The smallest absolute Gasteiger partial charge is 0.433 e. The van der Waals surface area contributed by atoms with Gasteiger partial charge in [0, 0.05) is 68.7 Å². The summed E-state index contributed by atoms with van der Waals surface area (Å²) in [5.41, 5.74) is 1.49. The Balaban J connectivity index is 1.26. The maximum absolute atomic E-state index is 14.4. The van der Waals surface area contributed by atoms with Crippen molar-refractivity contribution in [1.29, 1.82) is 0 Å². The highest BCUT2D eigenvalue weighted by atomic mass is 19.4. The lowest BCUT2D eigenvalue weighted by molar-refractivity contribution is -0.143. The minimum absolute atomic E-state index is 0.00384. The van der Waals surface area contributed by atoms with Crippen molar-refractivity contribution in [3.8, 4) is 17.0 Å². The minimum atomic E-state index is -4.74. The van der Waals surface area contributed by atoms with Crippen molar-refractivity contribution in [1.82, 2.24) is 29.3 Å². The van der Waals surface area contributed by atoms with Gasteiger partial charge in [0.05, 0.1) is 31.6 Å². The van der Waals surface area contributed by atoms with Gasteiger partial charge in [-0.25, -0.2) is 9.50 Å². The van der Waals surface area contributed by atoms with Crippen LogP contribution >= 0.6 is 0 Å². The molecule has 2 atom stereocenters. The van der Waals surface area contributed by atoms with Gasteiger partial charge < -0.3 is 24.5 Å².